The van der Waals surface area contributed by atoms with E-state index in [4.69, 9.17) is 22.1 Å². The number of amides is 3. The van der Waals surface area contributed by atoms with E-state index in [2.05, 4.69) is 4.98 Å². The average molecular weight is 399 g/mol. The second kappa shape index (κ2) is 9.02. The van der Waals surface area contributed by atoms with Crippen LogP contribution in [0.4, 0.5) is 4.79 Å². The molecule has 1 atom stereocenters. The van der Waals surface area contributed by atoms with Crippen molar-refractivity contribution < 1.29 is 14.3 Å². The molecule has 1 heterocycles. The van der Waals surface area contributed by atoms with Crippen molar-refractivity contribution in [3.8, 4) is 0 Å². The number of rotatable bonds is 7. The number of fused-ring (bicyclic) bond motifs is 1. The number of nitrogens with zero attached hydrogens (tertiary/aromatic N) is 2. The third-order valence-electron chi connectivity index (χ3n) is 3.51. The van der Waals surface area contributed by atoms with E-state index in [0.717, 1.165) is 11.8 Å². The van der Waals surface area contributed by atoms with E-state index in [1.54, 1.807) is 32.2 Å². The van der Waals surface area contributed by atoms with Crippen LogP contribution in [0.25, 0.3) is 10.9 Å². The van der Waals surface area contributed by atoms with Crippen LogP contribution in [0.3, 0.4) is 0 Å². The topological polar surface area (TPSA) is 116 Å². The van der Waals surface area contributed by atoms with Gasteiger partial charge in [-0.3, -0.25) is 19.5 Å². The number of ether oxygens (including phenoxy) is 1. The Kier molecular flexibility index (Phi) is 7.01. The molecule has 0 aliphatic carbocycles. The Morgan fingerprint density at radius 2 is 2.19 bits per heavy atom. The summed E-state index contributed by atoms with van der Waals surface area (Å²) in [6.45, 7) is 2.45. The summed E-state index contributed by atoms with van der Waals surface area (Å²) < 4.78 is 6.53. The molecule has 140 valence electrons. The van der Waals surface area contributed by atoms with E-state index in [0.29, 0.717) is 40.7 Å². The van der Waals surface area contributed by atoms with Crippen molar-refractivity contribution in [3.05, 3.63) is 33.6 Å². The lowest BCUT2D eigenvalue weighted by Crippen LogP contribution is -2.39. The first-order chi connectivity index (χ1) is 12.3. The number of aromatic nitrogens is 2. The number of primary amides is 1. The predicted octanol–water partition coefficient (Wildman–Crippen LogP) is 1.76. The van der Waals surface area contributed by atoms with Crippen LogP contribution in [-0.2, 0) is 16.1 Å². The number of imide groups is 1. The highest BCUT2D eigenvalue weighted by Crippen LogP contribution is 2.24. The van der Waals surface area contributed by atoms with Gasteiger partial charge in [-0.05, 0) is 31.5 Å². The van der Waals surface area contributed by atoms with Gasteiger partial charge in [0, 0.05) is 25.3 Å². The van der Waals surface area contributed by atoms with Crippen molar-refractivity contribution in [3.63, 3.8) is 0 Å². The molecule has 3 N–H and O–H groups in total. The van der Waals surface area contributed by atoms with Crippen LogP contribution in [0.2, 0.25) is 5.02 Å². The molecule has 0 radical (unpaired) electrons. The Labute approximate surface area is 159 Å². The van der Waals surface area contributed by atoms with E-state index < -0.39 is 17.2 Å². The molecule has 0 fully saturated rings. The molecule has 10 heteroatoms. The molecule has 1 aromatic heterocycles. The average Bonchev–Trinajstić information content (AvgIpc) is 2.56. The fourth-order valence-electron chi connectivity index (χ4n) is 2.26. The fourth-order valence-corrected chi connectivity index (χ4v) is 3.36. The number of carbonyl (C=O) groups is 2. The molecule has 0 aliphatic rings. The van der Waals surface area contributed by atoms with Crippen LogP contribution < -0.4 is 16.6 Å². The van der Waals surface area contributed by atoms with Crippen LogP contribution in [0.15, 0.2) is 28.2 Å². The molecule has 1 aromatic carbocycles. The molecule has 2 aromatic rings. The van der Waals surface area contributed by atoms with Gasteiger partial charge >= 0.3 is 6.03 Å². The van der Waals surface area contributed by atoms with E-state index in [9.17, 15) is 14.4 Å². The minimum atomic E-state index is -0.932. The van der Waals surface area contributed by atoms with E-state index >= 15 is 0 Å². The molecular formula is C16H19ClN4O4S. The van der Waals surface area contributed by atoms with Gasteiger partial charge in [0.25, 0.3) is 5.56 Å². The SMILES string of the molecule is COCCCn1c(S[C@@H](C)C(=O)NC(N)=O)nc2cc(Cl)ccc2c1=O. The molecule has 8 nitrogen and oxygen atoms in total. The first kappa shape index (κ1) is 20.2. The Balaban J connectivity index is 2.43. The number of thioether (sulfide) groups is 1. The number of benzene rings is 1. The number of carbonyl (C=O) groups excluding carboxylic acids is 2. The first-order valence-electron chi connectivity index (χ1n) is 7.79. The van der Waals surface area contributed by atoms with Gasteiger partial charge in [0.2, 0.25) is 5.91 Å². The van der Waals surface area contributed by atoms with Crippen molar-refractivity contribution in [2.75, 3.05) is 13.7 Å². The summed E-state index contributed by atoms with van der Waals surface area (Å²) in [7, 11) is 1.58. The molecule has 0 spiro atoms. The highest BCUT2D eigenvalue weighted by atomic mass is 35.5. The van der Waals surface area contributed by atoms with Crippen molar-refractivity contribution in [2.24, 2.45) is 5.73 Å². The van der Waals surface area contributed by atoms with Gasteiger partial charge < -0.3 is 10.5 Å². The summed E-state index contributed by atoms with van der Waals surface area (Å²) in [6, 6.07) is 3.91. The predicted molar refractivity (Wildman–Crippen MR) is 101 cm³/mol. The van der Waals surface area contributed by atoms with Gasteiger partial charge in [0.15, 0.2) is 5.16 Å². The maximum atomic E-state index is 12.8. The third-order valence-corrected chi connectivity index (χ3v) is 4.84. The van der Waals surface area contributed by atoms with Crippen LogP contribution in [0.5, 0.6) is 0 Å². The van der Waals surface area contributed by atoms with Crippen LogP contribution in [-0.4, -0.2) is 40.5 Å². The summed E-state index contributed by atoms with van der Waals surface area (Å²) in [5.41, 5.74) is 5.18. The number of urea groups is 1. The minimum absolute atomic E-state index is 0.229. The zero-order chi connectivity index (χ0) is 19.3. The van der Waals surface area contributed by atoms with E-state index in [1.165, 1.54) is 4.57 Å². The Morgan fingerprint density at radius 1 is 1.46 bits per heavy atom. The summed E-state index contributed by atoms with van der Waals surface area (Å²) in [4.78, 5) is 40.1. The number of nitrogens with two attached hydrogens (primary N) is 1. The summed E-state index contributed by atoms with van der Waals surface area (Å²) in [6.07, 6.45) is 0.604. The standard InChI is InChI=1S/C16H19ClN4O4S/c1-9(13(22)20-15(18)24)26-16-19-12-8-10(17)4-5-11(12)14(23)21(16)6-3-7-25-2/h4-5,8-9H,3,6-7H2,1-2H3,(H3,18,20,22,24)/t9-/m0/s1. The Bertz CT molecular complexity index is 886. The lowest BCUT2D eigenvalue weighted by Gasteiger charge is -2.15. The highest BCUT2D eigenvalue weighted by molar-refractivity contribution is 8.00. The highest BCUT2D eigenvalue weighted by Gasteiger charge is 2.20. The number of methoxy groups -OCH3 is 1. The number of halogens is 1. The summed E-state index contributed by atoms with van der Waals surface area (Å²) >= 11 is 7.05. The second-order valence-corrected chi connectivity index (χ2v) is 7.22. The van der Waals surface area contributed by atoms with Crippen molar-refractivity contribution in [2.45, 2.75) is 30.3 Å². The van der Waals surface area contributed by atoms with Gasteiger partial charge in [-0.15, -0.1) is 0 Å². The number of hydrogen-bond donors (Lipinski definition) is 2. The second-order valence-electron chi connectivity index (χ2n) is 5.47. The van der Waals surface area contributed by atoms with Gasteiger partial charge in [-0.1, -0.05) is 23.4 Å². The molecule has 0 saturated heterocycles. The van der Waals surface area contributed by atoms with Gasteiger partial charge in [0.1, 0.15) is 0 Å². The lowest BCUT2D eigenvalue weighted by atomic mass is 10.2. The smallest absolute Gasteiger partial charge is 0.318 e. The first-order valence-corrected chi connectivity index (χ1v) is 9.05. The quantitative estimate of drug-likeness (QED) is 0.417. The molecule has 2 rings (SSSR count). The lowest BCUT2D eigenvalue weighted by molar-refractivity contribution is -0.119. The maximum Gasteiger partial charge on any atom is 0.318 e. The Hall–Kier alpha value is -2.10. The van der Waals surface area contributed by atoms with E-state index in [1.807, 2.05) is 5.32 Å². The maximum absolute atomic E-state index is 12.8. The van der Waals surface area contributed by atoms with Crippen LogP contribution in [0.1, 0.15) is 13.3 Å². The van der Waals surface area contributed by atoms with Gasteiger partial charge in [-0.25, -0.2) is 9.78 Å². The van der Waals surface area contributed by atoms with Gasteiger partial charge in [-0.2, -0.15) is 0 Å². The van der Waals surface area contributed by atoms with Gasteiger partial charge in [0.05, 0.1) is 16.2 Å². The largest absolute Gasteiger partial charge is 0.385 e. The molecular weight excluding hydrogens is 380 g/mol. The number of nitrogens with one attached hydrogen (secondary N) is 1. The van der Waals surface area contributed by atoms with Crippen LogP contribution in [0, 0.1) is 0 Å². The molecule has 3 amide bonds. The third kappa shape index (κ3) is 4.96. The van der Waals surface area contributed by atoms with Crippen molar-refractivity contribution in [1.29, 1.82) is 0 Å². The Morgan fingerprint density at radius 3 is 2.85 bits per heavy atom. The number of hydrogen-bond acceptors (Lipinski definition) is 6. The molecule has 0 aliphatic heterocycles. The molecule has 0 bridgehead atoms. The van der Waals surface area contributed by atoms with Crippen molar-refractivity contribution >= 4 is 46.2 Å². The molecule has 0 unspecified atom stereocenters. The molecule has 0 saturated carbocycles. The molecule has 26 heavy (non-hydrogen) atoms. The normalized spacial score (nSPS) is 12.1. The van der Waals surface area contributed by atoms with Crippen LogP contribution >= 0.6 is 23.4 Å². The monoisotopic (exact) mass is 398 g/mol. The summed E-state index contributed by atoms with van der Waals surface area (Å²) in [5, 5.41) is 2.58. The minimum Gasteiger partial charge on any atom is -0.385 e. The summed E-state index contributed by atoms with van der Waals surface area (Å²) in [5.74, 6) is -0.564. The zero-order valence-electron chi connectivity index (χ0n) is 14.3. The fraction of sp³-hybridized carbons (Fsp3) is 0.375. The van der Waals surface area contributed by atoms with E-state index in [-0.39, 0.29) is 5.56 Å². The van der Waals surface area contributed by atoms with Crippen molar-refractivity contribution in [1.82, 2.24) is 14.9 Å². The zero-order valence-corrected chi connectivity index (χ0v) is 15.9.